The van der Waals surface area contributed by atoms with Gasteiger partial charge in [-0.25, -0.2) is 0 Å². The number of halogens is 6. The van der Waals surface area contributed by atoms with Gasteiger partial charge in [-0.15, -0.1) is 0 Å². The molecule has 5 nitrogen and oxygen atoms in total. The van der Waals surface area contributed by atoms with E-state index in [0.29, 0.717) is 26.0 Å². The zero-order valence-corrected chi connectivity index (χ0v) is 15.4. The summed E-state index contributed by atoms with van der Waals surface area (Å²) in [4.78, 5) is 12.6. The maximum absolute atomic E-state index is 13.1. The van der Waals surface area contributed by atoms with Crippen LogP contribution in [0.1, 0.15) is 40.9 Å². The molecule has 4 N–H and O–H groups in total. The Morgan fingerprint density at radius 3 is 1.27 bits per heavy atom. The maximum atomic E-state index is 13.1. The van der Waals surface area contributed by atoms with E-state index < -0.39 is 63.1 Å². The van der Waals surface area contributed by atoms with Gasteiger partial charge >= 0.3 is 12.4 Å². The Labute approximate surface area is 165 Å². The summed E-state index contributed by atoms with van der Waals surface area (Å²) in [7, 11) is 0. The largest absolute Gasteiger partial charge is 0.508 e. The van der Waals surface area contributed by atoms with Gasteiger partial charge in [0.1, 0.15) is 11.5 Å². The number of alkyl halides is 6. The minimum atomic E-state index is -5.21. The number of phenols is 2. The standard InChI is InChI=1S/C19H16F6O5/c1-16(29,18(20,21)22)11-7-9(3-5-13(11)26)15(28)10-4-6-14(27)12(8-10)17(2,30)19(23,24)25/h3-8,26-27,29-30H,1-2H3. The van der Waals surface area contributed by atoms with Crippen LogP contribution in [0.2, 0.25) is 0 Å². The highest BCUT2D eigenvalue weighted by atomic mass is 19.4. The molecular formula is C19H16F6O5. The van der Waals surface area contributed by atoms with Gasteiger partial charge in [-0.2, -0.15) is 26.3 Å². The first-order chi connectivity index (χ1) is 13.4. The van der Waals surface area contributed by atoms with Gasteiger partial charge < -0.3 is 20.4 Å². The topological polar surface area (TPSA) is 98.0 Å². The summed E-state index contributed by atoms with van der Waals surface area (Å²) in [5, 5.41) is 38.9. The maximum Gasteiger partial charge on any atom is 0.421 e. The summed E-state index contributed by atoms with van der Waals surface area (Å²) in [6.07, 6.45) is -10.4. The molecule has 30 heavy (non-hydrogen) atoms. The number of phenolic OH excluding ortho intramolecular Hbond substituents is 2. The van der Waals surface area contributed by atoms with E-state index in [1.165, 1.54) is 0 Å². The number of hydrogen-bond acceptors (Lipinski definition) is 5. The molecule has 0 radical (unpaired) electrons. The predicted octanol–water partition coefficient (Wildman–Crippen LogP) is 3.87. The first-order valence-electron chi connectivity index (χ1n) is 8.21. The molecule has 0 heterocycles. The lowest BCUT2D eigenvalue weighted by Crippen LogP contribution is -2.39. The summed E-state index contributed by atoms with van der Waals surface area (Å²) in [5.74, 6) is -2.99. The predicted molar refractivity (Wildman–Crippen MR) is 90.9 cm³/mol. The van der Waals surface area contributed by atoms with E-state index in [0.717, 1.165) is 24.3 Å². The summed E-state index contributed by atoms with van der Waals surface area (Å²) >= 11 is 0. The Morgan fingerprint density at radius 1 is 0.700 bits per heavy atom. The van der Waals surface area contributed by atoms with E-state index in [9.17, 15) is 51.6 Å². The van der Waals surface area contributed by atoms with Crippen LogP contribution in [-0.2, 0) is 11.2 Å². The zero-order valence-electron chi connectivity index (χ0n) is 15.4. The van der Waals surface area contributed by atoms with Crippen LogP contribution >= 0.6 is 0 Å². The summed E-state index contributed by atoms with van der Waals surface area (Å²) < 4.78 is 78.5. The second kappa shape index (κ2) is 7.17. The minimum Gasteiger partial charge on any atom is -0.508 e. The van der Waals surface area contributed by atoms with Gasteiger partial charge in [0.15, 0.2) is 17.0 Å². The molecule has 0 aliphatic rings. The van der Waals surface area contributed by atoms with Crippen LogP contribution in [0.25, 0.3) is 0 Å². The van der Waals surface area contributed by atoms with Crippen molar-refractivity contribution in [1.82, 2.24) is 0 Å². The van der Waals surface area contributed by atoms with Crippen molar-refractivity contribution < 1.29 is 51.6 Å². The number of carbonyl (C=O) groups excluding carboxylic acids is 1. The first kappa shape index (κ1) is 23.5. The molecule has 0 bridgehead atoms. The highest BCUT2D eigenvalue weighted by Gasteiger charge is 2.53. The Hall–Kier alpha value is -2.79. The summed E-state index contributed by atoms with van der Waals surface area (Å²) in [5.41, 5.74) is -10.1. The molecule has 0 saturated heterocycles. The van der Waals surface area contributed by atoms with Gasteiger partial charge in [0, 0.05) is 22.3 Å². The lowest BCUT2D eigenvalue weighted by atomic mass is 9.89. The number of hydrogen-bond donors (Lipinski definition) is 4. The molecule has 2 unspecified atom stereocenters. The second-order valence-electron chi connectivity index (χ2n) is 6.93. The molecule has 2 atom stereocenters. The zero-order chi connectivity index (χ0) is 23.3. The average molecular weight is 438 g/mol. The molecule has 0 fully saturated rings. The normalized spacial score (nSPS) is 16.6. The third kappa shape index (κ3) is 3.94. The molecule has 0 aromatic heterocycles. The molecule has 0 spiro atoms. The van der Waals surface area contributed by atoms with Gasteiger partial charge in [0.05, 0.1) is 0 Å². The lowest BCUT2D eigenvalue weighted by molar-refractivity contribution is -0.259. The number of aromatic hydroxyl groups is 2. The van der Waals surface area contributed by atoms with Crippen LogP contribution in [0.3, 0.4) is 0 Å². The second-order valence-corrected chi connectivity index (χ2v) is 6.93. The van der Waals surface area contributed by atoms with Gasteiger partial charge in [0.2, 0.25) is 0 Å². The van der Waals surface area contributed by atoms with Crippen molar-refractivity contribution in [1.29, 1.82) is 0 Å². The van der Waals surface area contributed by atoms with E-state index in [2.05, 4.69) is 0 Å². The SMILES string of the molecule is CC(O)(c1cc(C(=O)c2ccc(O)c(C(C)(O)C(F)(F)F)c2)ccc1O)C(F)(F)F. The van der Waals surface area contributed by atoms with Crippen LogP contribution in [0.5, 0.6) is 11.5 Å². The molecule has 2 aromatic carbocycles. The minimum absolute atomic E-state index is 0.357. The molecule has 0 saturated carbocycles. The van der Waals surface area contributed by atoms with E-state index in [4.69, 9.17) is 0 Å². The van der Waals surface area contributed by atoms with Crippen molar-refractivity contribution in [3.63, 3.8) is 0 Å². The van der Waals surface area contributed by atoms with E-state index in [1.54, 1.807) is 0 Å². The van der Waals surface area contributed by atoms with Crippen molar-refractivity contribution in [2.24, 2.45) is 0 Å². The quantitative estimate of drug-likeness (QED) is 0.429. The average Bonchev–Trinajstić information content (AvgIpc) is 2.59. The van der Waals surface area contributed by atoms with E-state index in [-0.39, 0.29) is 0 Å². The number of aliphatic hydroxyl groups is 2. The van der Waals surface area contributed by atoms with Crippen LogP contribution in [0, 0.1) is 0 Å². The Balaban J connectivity index is 2.58. The van der Waals surface area contributed by atoms with Crippen molar-refractivity contribution >= 4 is 5.78 Å². The van der Waals surface area contributed by atoms with E-state index >= 15 is 0 Å². The highest BCUT2D eigenvalue weighted by molar-refractivity contribution is 6.09. The Kier molecular flexibility index (Phi) is 5.61. The fourth-order valence-electron chi connectivity index (χ4n) is 2.61. The Morgan fingerprint density at radius 2 is 1.00 bits per heavy atom. The molecule has 0 amide bonds. The van der Waals surface area contributed by atoms with E-state index in [1.807, 2.05) is 0 Å². The fourth-order valence-corrected chi connectivity index (χ4v) is 2.61. The summed E-state index contributed by atoms with van der Waals surface area (Å²) in [6, 6.07) is 4.36. The van der Waals surface area contributed by atoms with Crippen molar-refractivity contribution in [2.75, 3.05) is 0 Å². The number of ketones is 1. The van der Waals surface area contributed by atoms with Gasteiger partial charge in [-0.05, 0) is 50.2 Å². The van der Waals surface area contributed by atoms with Crippen LogP contribution in [0.4, 0.5) is 26.3 Å². The van der Waals surface area contributed by atoms with Gasteiger partial charge in [-0.3, -0.25) is 4.79 Å². The molecule has 2 aromatic rings. The van der Waals surface area contributed by atoms with Crippen molar-refractivity contribution in [3.8, 4) is 11.5 Å². The molecular weight excluding hydrogens is 422 g/mol. The monoisotopic (exact) mass is 438 g/mol. The fraction of sp³-hybridized carbons (Fsp3) is 0.316. The third-order valence-electron chi connectivity index (χ3n) is 4.67. The number of benzene rings is 2. The van der Waals surface area contributed by atoms with Crippen molar-refractivity contribution in [2.45, 2.75) is 37.4 Å². The number of carbonyl (C=O) groups is 1. The van der Waals surface area contributed by atoms with Crippen molar-refractivity contribution in [3.05, 3.63) is 58.7 Å². The van der Waals surface area contributed by atoms with Gasteiger partial charge in [0.25, 0.3) is 0 Å². The molecule has 164 valence electrons. The molecule has 11 heteroatoms. The third-order valence-corrected chi connectivity index (χ3v) is 4.67. The lowest BCUT2D eigenvalue weighted by Gasteiger charge is -2.28. The number of rotatable bonds is 4. The summed E-state index contributed by atoms with van der Waals surface area (Å²) in [6.45, 7) is 0.713. The van der Waals surface area contributed by atoms with Crippen LogP contribution < -0.4 is 0 Å². The smallest absolute Gasteiger partial charge is 0.421 e. The van der Waals surface area contributed by atoms with Gasteiger partial charge in [-0.1, -0.05) is 0 Å². The molecule has 0 aliphatic heterocycles. The van der Waals surface area contributed by atoms with Crippen LogP contribution in [-0.4, -0.2) is 38.6 Å². The first-order valence-corrected chi connectivity index (χ1v) is 8.21. The highest BCUT2D eigenvalue weighted by Crippen LogP contribution is 2.44. The van der Waals surface area contributed by atoms with Crippen LogP contribution in [0.15, 0.2) is 36.4 Å². The molecule has 2 rings (SSSR count). The molecule has 0 aliphatic carbocycles. The Bertz CT molecular complexity index is 899.